The zero-order chi connectivity index (χ0) is 19.5. The highest BCUT2D eigenvalue weighted by molar-refractivity contribution is 6.30. The van der Waals surface area contributed by atoms with Crippen molar-refractivity contribution in [2.75, 3.05) is 13.2 Å². The number of β-amino-alcohol motifs (C(OH)–C–C–N with tert-alkyl or cyclic N) is 1. The number of hydrogen-bond donors (Lipinski definition) is 1. The highest BCUT2D eigenvalue weighted by Gasteiger charge is 2.42. The van der Waals surface area contributed by atoms with Crippen molar-refractivity contribution in [3.8, 4) is 0 Å². The quantitative estimate of drug-likeness (QED) is 0.634. The third kappa shape index (κ3) is 5.44. The number of Topliss-reactive ketones (excluding diaryl/α,β-unsaturated/α-hetero) is 1. The molecule has 0 aliphatic carbocycles. The van der Waals surface area contributed by atoms with Gasteiger partial charge in [-0.15, -0.1) is 0 Å². The summed E-state index contributed by atoms with van der Waals surface area (Å²) in [5, 5.41) is 10.3. The number of nitrogens with zero attached hydrogens (tertiary/aromatic N) is 1. The number of benzene rings is 1. The normalized spacial score (nSPS) is 20.0. The molecular formula is C18H22ClNO6. The van der Waals surface area contributed by atoms with E-state index in [9.17, 15) is 19.5 Å². The lowest BCUT2D eigenvalue weighted by atomic mass is 10.1. The SMILES string of the molecule is CC(C)(C)OC(=O)N1C[C@@H](O)C[C@@H]1C(=O)OCC(=O)c1ccc(Cl)cc1. The van der Waals surface area contributed by atoms with Gasteiger partial charge in [0.1, 0.15) is 11.6 Å². The van der Waals surface area contributed by atoms with E-state index in [-0.39, 0.29) is 13.0 Å². The zero-order valence-corrected chi connectivity index (χ0v) is 15.7. The fourth-order valence-electron chi connectivity index (χ4n) is 2.51. The van der Waals surface area contributed by atoms with Crippen molar-refractivity contribution >= 4 is 29.4 Å². The number of carbonyl (C=O) groups excluding carboxylic acids is 3. The average Bonchev–Trinajstić information content (AvgIpc) is 2.93. The summed E-state index contributed by atoms with van der Waals surface area (Å²) in [6.07, 6.45) is -1.53. The molecule has 1 fully saturated rings. The molecule has 0 unspecified atom stereocenters. The molecule has 0 spiro atoms. The van der Waals surface area contributed by atoms with Crippen LogP contribution in [0.1, 0.15) is 37.6 Å². The first-order valence-electron chi connectivity index (χ1n) is 8.20. The Hall–Kier alpha value is -2.12. The van der Waals surface area contributed by atoms with E-state index in [1.807, 2.05) is 0 Å². The summed E-state index contributed by atoms with van der Waals surface area (Å²) >= 11 is 5.77. The number of aliphatic hydroxyl groups excluding tert-OH is 1. The molecule has 1 aromatic carbocycles. The fourth-order valence-corrected chi connectivity index (χ4v) is 2.64. The molecule has 1 N–H and O–H groups in total. The van der Waals surface area contributed by atoms with Crippen LogP contribution in [0.25, 0.3) is 0 Å². The minimum Gasteiger partial charge on any atom is -0.456 e. The maximum absolute atomic E-state index is 12.3. The lowest BCUT2D eigenvalue weighted by molar-refractivity contribution is -0.147. The maximum atomic E-state index is 12.3. The lowest BCUT2D eigenvalue weighted by Gasteiger charge is -2.27. The number of esters is 1. The highest BCUT2D eigenvalue weighted by atomic mass is 35.5. The molecule has 7 nitrogen and oxygen atoms in total. The van der Waals surface area contributed by atoms with Crippen molar-refractivity contribution in [2.45, 2.75) is 44.9 Å². The molecule has 2 atom stereocenters. The summed E-state index contributed by atoms with van der Waals surface area (Å²) in [5.41, 5.74) is -0.374. The molecule has 1 aliphatic rings. The van der Waals surface area contributed by atoms with Crippen LogP contribution in [0.5, 0.6) is 0 Å². The van der Waals surface area contributed by atoms with Crippen molar-refractivity contribution in [3.63, 3.8) is 0 Å². The number of rotatable bonds is 4. The topological polar surface area (TPSA) is 93.1 Å². The number of aliphatic hydroxyl groups is 1. The third-order valence-corrected chi connectivity index (χ3v) is 3.94. The van der Waals surface area contributed by atoms with Crippen molar-refractivity contribution in [3.05, 3.63) is 34.9 Å². The molecule has 1 heterocycles. The van der Waals surface area contributed by atoms with Crippen LogP contribution in [0.2, 0.25) is 5.02 Å². The Morgan fingerprint density at radius 1 is 1.23 bits per heavy atom. The van der Waals surface area contributed by atoms with Gasteiger partial charge < -0.3 is 14.6 Å². The van der Waals surface area contributed by atoms with E-state index in [1.54, 1.807) is 32.9 Å². The van der Waals surface area contributed by atoms with E-state index in [1.165, 1.54) is 12.1 Å². The Bertz CT molecular complexity index is 682. The van der Waals surface area contributed by atoms with Crippen LogP contribution >= 0.6 is 11.6 Å². The average molecular weight is 384 g/mol. The number of likely N-dealkylation sites (tertiary alicyclic amines) is 1. The van der Waals surface area contributed by atoms with Crippen LogP contribution in [0.3, 0.4) is 0 Å². The largest absolute Gasteiger partial charge is 0.456 e. The Labute approximate surface area is 156 Å². The van der Waals surface area contributed by atoms with Crippen LogP contribution in [0.15, 0.2) is 24.3 Å². The number of ether oxygens (including phenoxy) is 2. The van der Waals surface area contributed by atoms with Crippen LogP contribution in [-0.2, 0) is 14.3 Å². The first-order chi connectivity index (χ1) is 12.1. The van der Waals surface area contributed by atoms with Crippen molar-refractivity contribution in [1.82, 2.24) is 4.90 Å². The molecule has 8 heteroatoms. The van der Waals surface area contributed by atoms with Gasteiger partial charge in [0.2, 0.25) is 0 Å². The molecule has 0 aromatic heterocycles. The molecule has 26 heavy (non-hydrogen) atoms. The molecular weight excluding hydrogens is 362 g/mol. The number of amides is 1. The van der Waals surface area contributed by atoms with E-state index in [2.05, 4.69) is 0 Å². The van der Waals surface area contributed by atoms with Gasteiger partial charge in [0, 0.05) is 17.0 Å². The highest BCUT2D eigenvalue weighted by Crippen LogP contribution is 2.22. The number of hydrogen-bond acceptors (Lipinski definition) is 6. The molecule has 1 aliphatic heterocycles. The van der Waals surface area contributed by atoms with Gasteiger partial charge in [-0.2, -0.15) is 0 Å². The van der Waals surface area contributed by atoms with E-state index in [4.69, 9.17) is 21.1 Å². The Balaban J connectivity index is 1.97. The molecule has 1 aromatic rings. The zero-order valence-electron chi connectivity index (χ0n) is 14.9. The van der Waals surface area contributed by atoms with Crippen molar-refractivity contribution in [2.24, 2.45) is 0 Å². The molecule has 1 amide bonds. The van der Waals surface area contributed by atoms with Gasteiger partial charge in [0.05, 0.1) is 12.6 Å². The second kappa shape index (κ2) is 8.05. The predicted octanol–water partition coefficient (Wildman–Crippen LogP) is 2.44. The number of ketones is 1. The summed E-state index contributed by atoms with van der Waals surface area (Å²) < 4.78 is 10.3. The molecule has 0 radical (unpaired) electrons. The molecule has 142 valence electrons. The smallest absolute Gasteiger partial charge is 0.411 e. The molecule has 0 bridgehead atoms. The lowest BCUT2D eigenvalue weighted by Crippen LogP contribution is -2.44. The fraction of sp³-hybridized carbons (Fsp3) is 0.500. The van der Waals surface area contributed by atoms with Crippen molar-refractivity contribution < 1.29 is 29.0 Å². The second-order valence-corrected chi connectivity index (χ2v) is 7.51. The molecule has 2 rings (SSSR count). The molecule has 1 saturated heterocycles. The summed E-state index contributed by atoms with van der Waals surface area (Å²) in [5.74, 6) is -1.15. The van der Waals surface area contributed by atoms with Gasteiger partial charge in [-0.05, 0) is 45.0 Å². The van der Waals surface area contributed by atoms with E-state index < -0.39 is 42.2 Å². The van der Waals surface area contributed by atoms with E-state index in [0.29, 0.717) is 10.6 Å². The van der Waals surface area contributed by atoms with Crippen LogP contribution in [0.4, 0.5) is 4.79 Å². The van der Waals surface area contributed by atoms with Crippen LogP contribution in [-0.4, -0.2) is 58.8 Å². The van der Waals surface area contributed by atoms with Crippen LogP contribution < -0.4 is 0 Å². The summed E-state index contributed by atoms with van der Waals surface area (Å²) in [6.45, 7) is 4.62. The van der Waals surface area contributed by atoms with E-state index >= 15 is 0 Å². The van der Waals surface area contributed by atoms with Gasteiger partial charge in [-0.3, -0.25) is 9.69 Å². The first-order valence-corrected chi connectivity index (χ1v) is 8.57. The Kier molecular flexibility index (Phi) is 6.26. The Morgan fingerprint density at radius 3 is 2.42 bits per heavy atom. The number of halogens is 1. The third-order valence-electron chi connectivity index (χ3n) is 3.69. The van der Waals surface area contributed by atoms with Gasteiger partial charge in [-0.25, -0.2) is 9.59 Å². The number of carbonyl (C=O) groups is 3. The standard InChI is InChI=1S/C18H22ClNO6/c1-18(2,3)26-17(24)20-9-13(21)8-14(20)16(23)25-10-15(22)11-4-6-12(19)7-5-11/h4-7,13-14,21H,8-10H2,1-3H3/t13-,14+/m0/s1. The van der Waals surface area contributed by atoms with Gasteiger partial charge >= 0.3 is 12.1 Å². The van der Waals surface area contributed by atoms with Crippen LogP contribution in [0, 0.1) is 0 Å². The summed E-state index contributed by atoms with van der Waals surface area (Å²) in [4.78, 5) is 37.7. The minimum atomic E-state index is -0.988. The maximum Gasteiger partial charge on any atom is 0.411 e. The minimum absolute atomic E-state index is 0.0280. The van der Waals surface area contributed by atoms with Gasteiger partial charge in [0.25, 0.3) is 0 Å². The van der Waals surface area contributed by atoms with E-state index in [0.717, 1.165) is 4.90 Å². The van der Waals surface area contributed by atoms with Gasteiger partial charge in [0.15, 0.2) is 12.4 Å². The summed E-state index contributed by atoms with van der Waals surface area (Å²) in [7, 11) is 0. The first kappa shape index (κ1) is 20.2. The molecule has 0 saturated carbocycles. The monoisotopic (exact) mass is 383 g/mol. The Morgan fingerprint density at radius 2 is 1.85 bits per heavy atom. The van der Waals surface area contributed by atoms with Gasteiger partial charge in [-0.1, -0.05) is 11.6 Å². The predicted molar refractivity (Wildman–Crippen MR) is 94.1 cm³/mol. The van der Waals surface area contributed by atoms with Crippen molar-refractivity contribution in [1.29, 1.82) is 0 Å². The summed E-state index contributed by atoms with van der Waals surface area (Å²) in [6, 6.07) is 5.20. The second-order valence-electron chi connectivity index (χ2n) is 7.08.